The number of imide groups is 1. The van der Waals surface area contributed by atoms with Crippen LogP contribution in [0.15, 0.2) is 24.3 Å². The van der Waals surface area contributed by atoms with Gasteiger partial charge in [-0.15, -0.1) is 0 Å². The molecule has 2 N–H and O–H groups in total. The van der Waals surface area contributed by atoms with E-state index in [-0.39, 0.29) is 69.1 Å². The number of fused-ring (bicyclic) bond motifs is 1. The molecule has 1 atom stereocenters. The van der Waals surface area contributed by atoms with E-state index >= 15 is 0 Å². The van der Waals surface area contributed by atoms with E-state index in [9.17, 15) is 19.5 Å². The zero-order valence-corrected chi connectivity index (χ0v) is 12.9. The maximum atomic E-state index is 11.8. The van der Waals surface area contributed by atoms with Crippen LogP contribution in [-0.4, -0.2) is 35.3 Å². The van der Waals surface area contributed by atoms with Gasteiger partial charge in [0.1, 0.15) is 0 Å². The van der Waals surface area contributed by atoms with Crippen molar-refractivity contribution in [1.82, 2.24) is 4.90 Å². The third-order valence-corrected chi connectivity index (χ3v) is 2.56. The fourth-order valence-corrected chi connectivity index (χ4v) is 1.68. The molecule has 7 heteroatoms. The number of hydrogen-bond donors (Lipinski definition) is 1. The third-order valence-electron chi connectivity index (χ3n) is 2.56. The molecule has 0 bridgehead atoms. The Morgan fingerprint density at radius 3 is 2.06 bits per heavy atom. The number of rotatable bonds is 3. The van der Waals surface area contributed by atoms with Crippen molar-refractivity contribution in [2.24, 2.45) is 5.73 Å². The zero-order chi connectivity index (χ0) is 12.6. The van der Waals surface area contributed by atoms with Gasteiger partial charge in [0.25, 0.3) is 11.8 Å². The standard InChI is InChI=1S/C11H10N2O4.K/c12-8(11(16)17)5-13-9(14)6-3-1-2-4-7(6)10(13)15;/h1-4,8H,5,12H2,(H,16,17);/q;+1/p-1. The molecule has 6 nitrogen and oxygen atoms in total. The minimum absolute atomic E-state index is 0. The van der Waals surface area contributed by atoms with Gasteiger partial charge in [-0.2, -0.15) is 0 Å². The van der Waals surface area contributed by atoms with Crippen molar-refractivity contribution < 1.29 is 70.9 Å². The van der Waals surface area contributed by atoms with E-state index in [1.165, 1.54) is 12.1 Å². The van der Waals surface area contributed by atoms with Crippen molar-refractivity contribution in [3.8, 4) is 0 Å². The SMILES string of the molecule is NC(CN1C(=O)c2ccccc2C1=O)C(=O)[O-].[K+]. The number of amides is 2. The van der Waals surface area contributed by atoms with Crippen LogP contribution in [-0.2, 0) is 4.79 Å². The van der Waals surface area contributed by atoms with Gasteiger partial charge < -0.3 is 15.6 Å². The van der Waals surface area contributed by atoms with Gasteiger partial charge in [-0.05, 0) is 12.1 Å². The van der Waals surface area contributed by atoms with Crippen LogP contribution >= 0.6 is 0 Å². The average molecular weight is 272 g/mol. The normalized spacial score (nSPS) is 15.1. The Bertz CT molecular complexity index is 483. The van der Waals surface area contributed by atoms with Crippen LogP contribution in [0.2, 0.25) is 0 Å². The topological polar surface area (TPSA) is 104 Å². The molecule has 0 aromatic heterocycles. The molecular weight excluding hydrogens is 263 g/mol. The third kappa shape index (κ3) is 2.71. The molecule has 1 aromatic rings. The first-order chi connectivity index (χ1) is 8.02. The van der Waals surface area contributed by atoms with Crippen molar-refractivity contribution >= 4 is 17.8 Å². The van der Waals surface area contributed by atoms with Crippen LogP contribution in [0, 0.1) is 0 Å². The molecule has 0 saturated carbocycles. The van der Waals surface area contributed by atoms with Gasteiger partial charge in [-0.25, -0.2) is 0 Å². The predicted molar refractivity (Wildman–Crippen MR) is 54.8 cm³/mol. The number of hydrogen-bond acceptors (Lipinski definition) is 5. The number of aliphatic carboxylic acids is 1. The summed E-state index contributed by atoms with van der Waals surface area (Å²) in [5, 5.41) is 10.5. The summed E-state index contributed by atoms with van der Waals surface area (Å²) in [5.74, 6) is -2.55. The van der Waals surface area contributed by atoms with Crippen molar-refractivity contribution in [2.75, 3.05) is 6.54 Å². The van der Waals surface area contributed by atoms with Crippen LogP contribution < -0.4 is 62.2 Å². The summed E-state index contributed by atoms with van der Waals surface area (Å²) in [6, 6.07) is 4.91. The molecule has 1 aromatic carbocycles. The van der Waals surface area contributed by atoms with E-state index in [0.29, 0.717) is 0 Å². The Morgan fingerprint density at radius 2 is 1.67 bits per heavy atom. The number of nitrogens with two attached hydrogens (primary N) is 1. The first kappa shape index (κ1) is 15.5. The van der Waals surface area contributed by atoms with Crippen LogP contribution in [0.3, 0.4) is 0 Å². The van der Waals surface area contributed by atoms with Crippen LogP contribution in [0.5, 0.6) is 0 Å². The smallest absolute Gasteiger partial charge is 0.548 e. The Balaban J connectivity index is 0.00000162. The van der Waals surface area contributed by atoms with Crippen molar-refractivity contribution in [1.29, 1.82) is 0 Å². The Hall–Kier alpha value is -0.574. The molecule has 0 radical (unpaired) electrons. The van der Waals surface area contributed by atoms with E-state index in [4.69, 9.17) is 5.73 Å². The molecule has 1 aliphatic rings. The summed E-state index contributed by atoms with van der Waals surface area (Å²) in [7, 11) is 0. The number of carbonyl (C=O) groups is 3. The summed E-state index contributed by atoms with van der Waals surface area (Å²) in [6.45, 7) is -0.380. The quantitative estimate of drug-likeness (QED) is 0.440. The average Bonchev–Trinajstić information content (AvgIpc) is 2.55. The molecular formula is C11H9KN2O4. The summed E-state index contributed by atoms with van der Waals surface area (Å²) in [6.07, 6.45) is 0. The summed E-state index contributed by atoms with van der Waals surface area (Å²) in [4.78, 5) is 34.9. The monoisotopic (exact) mass is 272 g/mol. The van der Waals surface area contributed by atoms with E-state index in [0.717, 1.165) is 4.90 Å². The summed E-state index contributed by atoms with van der Waals surface area (Å²) < 4.78 is 0. The molecule has 2 rings (SSSR count). The molecule has 0 fully saturated rings. The van der Waals surface area contributed by atoms with E-state index in [1.807, 2.05) is 0 Å². The number of carboxylic acids is 1. The summed E-state index contributed by atoms with van der Waals surface area (Å²) >= 11 is 0. The number of carboxylic acid groups (broad SMARTS) is 1. The molecule has 1 aliphatic heterocycles. The predicted octanol–water partition coefficient (Wildman–Crippen LogP) is -4.64. The van der Waals surface area contributed by atoms with Crippen molar-refractivity contribution in [3.63, 3.8) is 0 Å². The fourth-order valence-electron chi connectivity index (χ4n) is 1.68. The molecule has 1 heterocycles. The van der Waals surface area contributed by atoms with Gasteiger partial charge in [-0.3, -0.25) is 14.5 Å². The van der Waals surface area contributed by atoms with E-state index in [2.05, 4.69) is 0 Å². The minimum Gasteiger partial charge on any atom is -0.548 e. The van der Waals surface area contributed by atoms with Crippen molar-refractivity contribution in [3.05, 3.63) is 35.4 Å². The number of carbonyl (C=O) groups excluding carboxylic acids is 3. The largest absolute Gasteiger partial charge is 1.00 e. The van der Waals surface area contributed by atoms with Gasteiger partial charge >= 0.3 is 51.4 Å². The van der Waals surface area contributed by atoms with Gasteiger partial charge in [0, 0.05) is 6.54 Å². The molecule has 0 aliphatic carbocycles. The maximum absolute atomic E-state index is 11.8. The van der Waals surface area contributed by atoms with Crippen LogP contribution in [0.1, 0.15) is 20.7 Å². The fraction of sp³-hybridized carbons (Fsp3) is 0.182. The first-order valence-corrected chi connectivity index (χ1v) is 4.94. The minimum atomic E-state index is -1.50. The zero-order valence-electron chi connectivity index (χ0n) is 9.75. The van der Waals surface area contributed by atoms with Gasteiger partial charge in [-0.1, -0.05) is 12.1 Å². The molecule has 88 valence electrons. The summed E-state index contributed by atoms with van der Waals surface area (Å²) in [5.41, 5.74) is 5.78. The maximum Gasteiger partial charge on any atom is 1.00 e. The van der Waals surface area contributed by atoms with Gasteiger partial charge in [0.05, 0.1) is 23.1 Å². The van der Waals surface area contributed by atoms with E-state index < -0.39 is 23.8 Å². The second-order valence-corrected chi connectivity index (χ2v) is 3.69. The number of nitrogens with zero attached hydrogens (tertiary/aromatic N) is 1. The second-order valence-electron chi connectivity index (χ2n) is 3.69. The molecule has 18 heavy (non-hydrogen) atoms. The molecule has 2 amide bonds. The Labute approximate surface area is 146 Å². The first-order valence-electron chi connectivity index (χ1n) is 4.94. The van der Waals surface area contributed by atoms with E-state index in [1.54, 1.807) is 12.1 Å². The van der Waals surface area contributed by atoms with Crippen LogP contribution in [0.25, 0.3) is 0 Å². The Morgan fingerprint density at radius 1 is 1.22 bits per heavy atom. The number of benzene rings is 1. The van der Waals surface area contributed by atoms with Crippen molar-refractivity contribution in [2.45, 2.75) is 6.04 Å². The van der Waals surface area contributed by atoms with Gasteiger partial charge in [0.2, 0.25) is 0 Å². The Kier molecular flexibility index (Phi) is 5.20. The molecule has 1 unspecified atom stereocenters. The molecule has 0 spiro atoms. The van der Waals surface area contributed by atoms with Crippen LogP contribution in [0.4, 0.5) is 0 Å². The second kappa shape index (κ2) is 6.05. The van der Waals surface area contributed by atoms with Gasteiger partial charge in [0.15, 0.2) is 0 Å². The molecule has 0 saturated heterocycles.